The fraction of sp³-hybridized carbons (Fsp3) is 0.333. The van der Waals surface area contributed by atoms with Crippen LogP contribution in [-0.4, -0.2) is 36.2 Å². The van der Waals surface area contributed by atoms with E-state index in [0.717, 1.165) is 11.3 Å². The van der Waals surface area contributed by atoms with Crippen LogP contribution in [-0.2, 0) is 21.4 Å². The number of hydrogen-bond donors (Lipinski definition) is 1. The molecule has 1 aliphatic carbocycles. The van der Waals surface area contributed by atoms with E-state index < -0.39 is 16.1 Å². The second-order valence-electron chi connectivity index (χ2n) is 8.37. The third-order valence-electron chi connectivity index (χ3n) is 5.94. The molecule has 0 spiro atoms. The van der Waals surface area contributed by atoms with Gasteiger partial charge in [-0.25, -0.2) is 8.42 Å². The molecule has 1 aromatic carbocycles. The number of carbonyl (C=O) groups excluding carboxylic acids is 1. The van der Waals surface area contributed by atoms with E-state index in [1.807, 2.05) is 18.2 Å². The molecule has 3 heterocycles. The lowest BCUT2D eigenvalue weighted by molar-refractivity contribution is -0.124. The summed E-state index contributed by atoms with van der Waals surface area (Å²) in [5, 5.41) is 3.45. The summed E-state index contributed by atoms with van der Waals surface area (Å²) in [6.45, 7) is 0.538. The molecular formula is C24H25N3O4S. The lowest BCUT2D eigenvalue weighted by atomic mass is 10.2. The van der Waals surface area contributed by atoms with Gasteiger partial charge in [0.25, 0.3) is 10.0 Å². The Bertz CT molecular complexity index is 1240. The van der Waals surface area contributed by atoms with E-state index in [9.17, 15) is 13.2 Å². The lowest BCUT2D eigenvalue weighted by Gasteiger charge is -2.22. The predicted octanol–water partition coefficient (Wildman–Crippen LogP) is 3.72. The summed E-state index contributed by atoms with van der Waals surface area (Å²) in [6, 6.07) is 11.8. The number of nitrogens with zero attached hydrogens (tertiary/aromatic N) is 2. The summed E-state index contributed by atoms with van der Waals surface area (Å²) in [6.07, 6.45) is 9.61. The SMILES string of the molecule is O=C(NCc1cc(/C=C/C2CC2)ccn1)[C@@H]1CCCN1S(=O)(=O)c1cc2ccccc2o1. The van der Waals surface area contributed by atoms with Gasteiger partial charge in [-0.05, 0) is 55.4 Å². The number of fused-ring (bicyclic) bond motifs is 1. The van der Waals surface area contributed by atoms with Crippen LogP contribution in [0.25, 0.3) is 17.0 Å². The maximum atomic E-state index is 13.2. The molecule has 1 N–H and O–H groups in total. The van der Waals surface area contributed by atoms with E-state index in [1.54, 1.807) is 24.4 Å². The molecule has 5 rings (SSSR count). The third kappa shape index (κ3) is 4.33. The zero-order valence-electron chi connectivity index (χ0n) is 17.6. The number of para-hydroxylation sites is 1. The van der Waals surface area contributed by atoms with Gasteiger partial charge in [-0.3, -0.25) is 9.78 Å². The smallest absolute Gasteiger partial charge is 0.277 e. The van der Waals surface area contributed by atoms with Crippen LogP contribution in [0, 0.1) is 5.92 Å². The second kappa shape index (κ2) is 8.52. The molecule has 0 bridgehead atoms. The lowest BCUT2D eigenvalue weighted by Crippen LogP contribution is -2.45. The second-order valence-corrected chi connectivity index (χ2v) is 10.2. The van der Waals surface area contributed by atoms with Gasteiger partial charge in [0.05, 0.1) is 12.2 Å². The molecule has 1 amide bonds. The van der Waals surface area contributed by atoms with Crippen molar-refractivity contribution in [2.24, 2.45) is 5.92 Å². The normalized spacial score (nSPS) is 19.7. The van der Waals surface area contributed by atoms with E-state index in [-0.39, 0.29) is 24.1 Å². The highest BCUT2D eigenvalue weighted by molar-refractivity contribution is 7.89. The predicted molar refractivity (Wildman–Crippen MR) is 121 cm³/mol. The summed E-state index contributed by atoms with van der Waals surface area (Å²) in [7, 11) is -3.91. The van der Waals surface area contributed by atoms with Crippen LogP contribution < -0.4 is 5.32 Å². The van der Waals surface area contributed by atoms with Gasteiger partial charge in [0.1, 0.15) is 11.6 Å². The van der Waals surface area contributed by atoms with E-state index in [4.69, 9.17) is 4.42 Å². The molecule has 2 fully saturated rings. The van der Waals surface area contributed by atoms with Crippen molar-refractivity contribution in [1.29, 1.82) is 0 Å². The fourth-order valence-electron chi connectivity index (χ4n) is 4.02. The van der Waals surface area contributed by atoms with Gasteiger partial charge in [0.15, 0.2) is 0 Å². The minimum Gasteiger partial charge on any atom is -0.443 e. The first-order chi connectivity index (χ1) is 15.5. The highest BCUT2D eigenvalue weighted by Crippen LogP contribution is 2.31. The van der Waals surface area contributed by atoms with Crippen molar-refractivity contribution in [2.75, 3.05) is 6.54 Å². The monoisotopic (exact) mass is 451 g/mol. The third-order valence-corrected chi connectivity index (χ3v) is 7.70. The number of rotatable bonds is 7. The fourth-order valence-corrected chi connectivity index (χ4v) is 5.63. The maximum Gasteiger partial charge on any atom is 0.277 e. The Kier molecular flexibility index (Phi) is 5.57. The molecule has 0 unspecified atom stereocenters. The van der Waals surface area contributed by atoms with Crippen molar-refractivity contribution >= 4 is 33.0 Å². The minimum atomic E-state index is -3.91. The first-order valence-corrected chi connectivity index (χ1v) is 12.4. The summed E-state index contributed by atoms with van der Waals surface area (Å²) in [5.74, 6) is 0.372. The van der Waals surface area contributed by atoms with Gasteiger partial charge in [-0.1, -0.05) is 30.4 Å². The number of carbonyl (C=O) groups is 1. The van der Waals surface area contributed by atoms with Crippen molar-refractivity contribution in [2.45, 2.75) is 43.4 Å². The summed E-state index contributed by atoms with van der Waals surface area (Å²) in [4.78, 5) is 17.2. The Morgan fingerprint density at radius 1 is 1.19 bits per heavy atom. The van der Waals surface area contributed by atoms with Crippen LogP contribution in [0.1, 0.15) is 36.9 Å². The molecule has 8 heteroatoms. The Morgan fingerprint density at radius 3 is 2.84 bits per heavy atom. The molecule has 2 aromatic heterocycles. The molecule has 3 aromatic rings. The van der Waals surface area contributed by atoms with Crippen molar-refractivity contribution in [3.8, 4) is 0 Å². The highest BCUT2D eigenvalue weighted by atomic mass is 32.2. The van der Waals surface area contributed by atoms with Crippen molar-refractivity contribution in [3.63, 3.8) is 0 Å². The number of furan rings is 1. The molecule has 1 atom stereocenters. The molecule has 2 aliphatic rings. The van der Waals surface area contributed by atoms with E-state index >= 15 is 0 Å². The van der Waals surface area contributed by atoms with Gasteiger partial charge in [0.2, 0.25) is 11.0 Å². The molecule has 32 heavy (non-hydrogen) atoms. The largest absolute Gasteiger partial charge is 0.443 e. The standard InChI is InChI=1S/C24H25N3O4S/c28-24(26-16-20-14-18(11-12-25-20)10-9-17-7-8-17)21-5-3-13-27(21)32(29,30)23-15-19-4-1-2-6-22(19)31-23/h1-2,4,6,9-12,14-15,17,21H,3,5,7-8,13,16H2,(H,26,28)/b10-9+/t21-/m0/s1. The first-order valence-electron chi connectivity index (χ1n) is 10.9. The number of sulfonamides is 1. The number of nitrogens with one attached hydrogen (secondary N) is 1. The molecule has 7 nitrogen and oxygen atoms in total. The molecule has 1 saturated heterocycles. The minimum absolute atomic E-state index is 0.129. The summed E-state index contributed by atoms with van der Waals surface area (Å²) in [5.41, 5.74) is 2.29. The molecule has 1 aliphatic heterocycles. The van der Waals surface area contributed by atoms with Gasteiger partial charge < -0.3 is 9.73 Å². The molecule has 1 saturated carbocycles. The Balaban J connectivity index is 1.27. The van der Waals surface area contributed by atoms with E-state index in [2.05, 4.69) is 22.5 Å². The summed E-state index contributed by atoms with van der Waals surface area (Å²) < 4.78 is 33.2. The highest BCUT2D eigenvalue weighted by Gasteiger charge is 2.41. The van der Waals surface area contributed by atoms with Gasteiger partial charge in [-0.2, -0.15) is 4.31 Å². The zero-order chi connectivity index (χ0) is 22.1. The van der Waals surface area contributed by atoms with Crippen LogP contribution in [0.4, 0.5) is 0 Å². The Labute approximate surface area is 187 Å². The van der Waals surface area contributed by atoms with Crippen LogP contribution in [0.3, 0.4) is 0 Å². The number of allylic oxidation sites excluding steroid dienone is 1. The van der Waals surface area contributed by atoms with Crippen molar-refractivity contribution in [3.05, 3.63) is 66.0 Å². The zero-order valence-corrected chi connectivity index (χ0v) is 18.4. The average Bonchev–Trinajstić information content (AvgIpc) is 3.30. The molecule has 166 valence electrons. The van der Waals surface area contributed by atoms with E-state index in [1.165, 1.54) is 23.2 Å². The van der Waals surface area contributed by atoms with Crippen LogP contribution in [0.5, 0.6) is 0 Å². The van der Waals surface area contributed by atoms with Crippen LogP contribution in [0.2, 0.25) is 0 Å². The maximum absolute atomic E-state index is 13.2. The number of aromatic nitrogens is 1. The van der Waals surface area contributed by atoms with Crippen molar-refractivity contribution < 1.29 is 17.6 Å². The average molecular weight is 452 g/mol. The quantitative estimate of drug-likeness (QED) is 0.591. The first kappa shape index (κ1) is 20.9. The summed E-state index contributed by atoms with van der Waals surface area (Å²) >= 11 is 0. The van der Waals surface area contributed by atoms with E-state index in [0.29, 0.717) is 29.7 Å². The van der Waals surface area contributed by atoms with Crippen LogP contribution in [0.15, 0.2) is 64.2 Å². The molecular weight excluding hydrogens is 426 g/mol. The van der Waals surface area contributed by atoms with Crippen LogP contribution >= 0.6 is 0 Å². The number of amides is 1. The number of pyridine rings is 1. The van der Waals surface area contributed by atoms with Gasteiger partial charge in [0, 0.05) is 24.2 Å². The molecule has 0 radical (unpaired) electrons. The van der Waals surface area contributed by atoms with Gasteiger partial charge in [-0.15, -0.1) is 0 Å². The number of benzene rings is 1. The topological polar surface area (TPSA) is 92.5 Å². The Morgan fingerprint density at radius 2 is 2.03 bits per heavy atom. The Hall–Kier alpha value is -2.97. The van der Waals surface area contributed by atoms with Crippen molar-refractivity contribution in [1.82, 2.24) is 14.6 Å². The van der Waals surface area contributed by atoms with Gasteiger partial charge >= 0.3 is 0 Å². The number of hydrogen-bond acceptors (Lipinski definition) is 5.